The first-order valence-corrected chi connectivity index (χ1v) is 8.35. The van der Waals surface area contributed by atoms with Gasteiger partial charge < -0.3 is 9.73 Å². The molecule has 1 heterocycles. The molecule has 0 saturated heterocycles. The maximum Gasteiger partial charge on any atom is 0.291 e. The average Bonchev–Trinajstić information content (AvgIpc) is 2.86. The minimum absolute atomic E-state index is 0.240. The van der Waals surface area contributed by atoms with Crippen molar-refractivity contribution in [3.05, 3.63) is 63.9 Å². The Balaban J connectivity index is 2.01. The molecule has 0 aliphatic carbocycles. The van der Waals surface area contributed by atoms with Crippen molar-refractivity contribution < 1.29 is 9.21 Å². The number of rotatable bonds is 3. The minimum Gasteiger partial charge on any atom is -0.451 e. The first-order valence-electron chi connectivity index (χ1n) is 7.98. The molecule has 0 fully saturated rings. The van der Waals surface area contributed by atoms with Gasteiger partial charge in [-0.15, -0.1) is 0 Å². The van der Waals surface area contributed by atoms with E-state index < -0.39 is 0 Å². The predicted molar refractivity (Wildman–Crippen MR) is 99.2 cm³/mol. The number of benzene rings is 2. The first kappa shape index (κ1) is 16.6. The molecule has 0 aliphatic rings. The zero-order valence-electron chi connectivity index (χ0n) is 14.2. The largest absolute Gasteiger partial charge is 0.451 e. The highest BCUT2D eigenvalue weighted by atomic mass is 35.5. The quantitative estimate of drug-likeness (QED) is 0.627. The number of fused-ring (bicyclic) bond motifs is 1. The Bertz CT molecular complexity index is 925. The Kier molecular flexibility index (Phi) is 4.37. The van der Waals surface area contributed by atoms with Gasteiger partial charge in [-0.2, -0.15) is 0 Å². The van der Waals surface area contributed by atoms with Crippen LogP contribution in [0, 0.1) is 13.8 Å². The van der Waals surface area contributed by atoms with Crippen LogP contribution in [-0.4, -0.2) is 5.91 Å². The number of halogens is 1. The molecule has 2 aromatic carbocycles. The van der Waals surface area contributed by atoms with Gasteiger partial charge in [-0.25, -0.2) is 0 Å². The van der Waals surface area contributed by atoms with Crippen LogP contribution in [0.2, 0.25) is 5.02 Å². The molecule has 0 unspecified atom stereocenters. The number of aryl methyl sites for hydroxylation is 2. The molecule has 0 saturated carbocycles. The second kappa shape index (κ2) is 6.33. The Morgan fingerprint density at radius 3 is 2.62 bits per heavy atom. The lowest BCUT2D eigenvalue weighted by Gasteiger charge is -2.16. The molecule has 3 aromatic rings. The van der Waals surface area contributed by atoms with Crippen molar-refractivity contribution in [2.45, 2.75) is 33.6 Å². The summed E-state index contributed by atoms with van der Waals surface area (Å²) in [5.74, 6) is 0.400. The van der Waals surface area contributed by atoms with Crippen LogP contribution < -0.4 is 5.32 Å². The number of carbonyl (C=O) groups is 1. The lowest BCUT2D eigenvalue weighted by Crippen LogP contribution is -2.15. The molecule has 0 bridgehead atoms. The van der Waals surface area contributed by atoms with Gasteiger partial charge in [0.25, 0.3) is 5.91 Å². The second-order valence-corrected chi connectivity index (χ2v) is 6.78. The summed E-state index contributed by atoms with van der Waals surface area (Å²) >= 11 is 6.04. The van der Waals surface area contributed by atoms with Crippen molar-refractivity contribution in [3.8, 4) is 0 Å². The average molecular weight is 342 g/mol. The summed E-state index contributed by atoms with van der Waals surface area (Å²) in [4.78, 5) is 12.8. The molecule has 24 heavy (non-hydrogen) atoms. The molecular formula is C20H20ClNO2. The highest BCUT2D eigenvalue weighted by Crippen LogP contribution is 2.31. The molecule has 0 aliphatic heterocycles. The van der Waals surface area contributed by atoms with E-state index in [9.17, 15) is 4.79 Å². The fourth-order valence-corrected chi connectivity index (χ4v) is 3.09. The molecule has 0 spiro atoms. The van der Waals surface area contributed by atoms with Crippen LogP contribution in [0.3, 0.4) is 0 Å². The number of anilines is 1. The lowest BCUT2D eigenvalue weighted by atomic mass is 9.98. The van der Waals surface area contributed by atoms with Gasteiger partial charge in [0.05, 0.1) is 0 Å². The molecule has 0 atom stereocenters. The van der Waals surface area contributed by atoms with E-state index in [0.717, 1.165) is 27.8 Å². The molecule has 0 radical (unpaired) electrons. The lowest BCUT2D eigenvalue weighted by molar-refractivity contribution is 0.0997. The van der Waals surface area contributed by atoms with E-state index in [1.54, 1.807) is 12.1 Å². The molecule has 3 rings (SSSR count). The standard InChI is InChI=1S/C20H20ClNO2/c1-11(2)15-7-5-6-12(3)18(15)22-20(23)19-13(4)16-10-14(21)8-9-17(16)24-19/h5-11H,1-4H3,(H,22,23). The third-order valence-electron chi connectivity index (χ3n) is 4.27. The van der Waals surface area contributed by atoms with E-state index in [-0.39, 0.29) is 5.91 Å². The van der Waals surface area contributed by atoms with Crippen molar-refractivity contribution in [2.24, 2.45) is 0 Å². The molecule has 4 heteroatoms. The summed E-state index contributed by atoms with van der Waals surface area (Å²) in [6.07, 6.45) is 0. The fraction of sp³-hybridized carbons (Fsp3) is 0.250. The molecule has 1 N–H and O–H groups in total. The van der Waals surface area contributed by atoms with Gasteiger partial charge in [0.15, 0.2) is 5.76 Å². The van der Waals surface area contributed by atoms with Gasteiger partial charge in [-0.3, -0.25) is 4.79 Å². The van der Waals surface area contributed by atoms with Crippen LogP contribution in [0.5, 0.6) is 0 Å². The topological polar surface area (TPSA) is 42.2 Å². The predicted octanol–water partition coefficient (Wildman–Crippen LogP) is 6.08. The molecule has 124 valence electrons. The summed E-state index contributed by atoms with van der Waals surface area (Å²) in [5, 5.41) is 4.51. The Morgan fingerprint density at radius 2 is 1.92 bits per heavy atom. The molecule has 1 aromatic heterocycles. The van der Waals surface area contributed by atoms with Crippen molar-refractivity contribution in [1.82, 2.24) is 0 Å². The smallest absolute Gasteiger partial charge is 0.291 e. The molecular weight excluding hydrogens is 322 g/mol. The van der Waals surface area contributed by atoms with Crippen LogP contribution in [-0.2, 0) is 0 Å². The van der Waals surface area contributed by atoms with E-state index in [1.165, 1.54) is 0 Å². The Hall–Kier alpha value is -2.26. The highest BCUT2D eigenvalue weighted by Gasteiger charge is 2.20. The van der Waals surface area contributed by atoms with Gasteiger partial charge in [0.1, 0.15) is 5.58 Å². The van der Waals surface area contributed by atoms with Crippen molar-refractivity contribution in [3.63, 3.8) is 0 Å². The van der Waals surface area contributed by atoms with Crippen molar-refractivity contribution in [2.75, 3.05) is 5.32 Å². The highest BCUT2D eigenvalue weighted by molar-refractivity contribution is 6.31. The number of hydrogen-bond donors (Lipinski definition) is 1. The zero-order chi connectivity index (χ0) is 17.4. The monoisotopic (exact) mass is 341 g/mol. The van der Waals surface area contributed by atoms with Crippen LogP contribution in [0.4, 0.5) is 5.69 Å². The summed E-state index contributed by atoms with van der Waals surface area (Å²) in [6.45, 7) is 8.09. The van der Waals surface area contributed by atoms with Gasteiger partial charge in [0, 0.05) is 21.7 Å². The second-order valence-electron chi connectivity index (χ2n) is 6.34. The number of furan rings is 1. The third-order valence-corrected chi connectivity index (χ3v) is 4.51. The maximum atomic E-state index is 12.8. The number of amides is 1. The van der Waals surface area contributed by atoms with E-state index in [1.807, 2.05) is 38.1 Å². The summed E-state index contributed by atoms with van der Waals surface area (Å²) in [5.41, 5.74) is 4.46. The van der Waals surface area contributed by atoms with Crippen molar-refractivity contribution >= 4 is 34.2 Å². The number of nitrogens with one attached hydrogen (secondary N) is 1. The van der Waals surface area contributed by atoms with E-state index in [0.29, 0.717) is 22.3 Å². The Labute approximate surface area is 146 Å². The van der Waals surface area contributed by atoms with E-state index in [2.05, 4.69) is 19.2 Å². The summed E-state index contributed by atoms with van der Waals surface area (Å²) < 4.78 is 5.76. The number of para-hydroxylation sites is 1. The first-order chi connectivity index (χ1) is 11.4. The van der Waals surface area contributed by atoms with Crippen LogP contribution in [0.1, 0.15) is 47.0 Å². The van der Waals surface area contributed by atoms with E-state index in [4.69, 9.17) is 16.0 Å². The zero-order valence-corrected chi connectivity index (χ0v) is 15.0. The normalized spacial score (nSPS) is 11.2. The summed E-state index contributed by atoms with van der Waals surface area (Å²) in [7, 11) is 0. The third kappa shape index (κ3) is 2.92. The summed E-state index contributed by atoms with van der Waals surface area (Å²) in [6, 6.07) is 11.4. The van der Waals surface area contributed by atoms with Gasteiger partial charge in [-0.05, 0) is 49.1 Å². The van der Waals surface area contributed by atoms with Crippen LogP contribution in [0.15, 0.2) is 40.8 Å². The SMILES string of the molecule is Cc1cccc(C(C)C)c1NC(=O)c1oc2ccc(Cl)cc2c1C. The van der Waals surface area contributed by atoms with E-state index >= 15 is 0 Å². The Morgan fingerprint density at radius 1 is 1.17 bits per heavy atom. The maximum absolute atomic E-state index is 12.8. The fourth-order valence-electron chi connectivity index (χ4n) is 2.92. The van der Waals surface area contributed by atoms with Crippen LogP contribution in [0.25, 0.3) is 11.0 Å². The van der Waals surface area contributed by atoms with Crippen LogP contribution >= 0.6 is 11.6 Å². The van der Waals surface area contributed by atoms with Gasteiger partial charge in [0.2, 0.25) is 0 Å². The minimum atomic E-state index is -0.240. The number of carbonyl (C=O) groups excluding carboxylic acids is 1. The van der Waals surface area contributed by atoms with Crippen molar-refractivity contribution in [1.29, 1.82) is 0 Å². The van der Waals surface area contributed by atoms with Gasteiger partial charge >= 0.3 is 0 Å². The molecule has 3 nitrogen and oxygen atoms in total. The molecule has 1 amide bonds. The number of hydrogen-bond acceptors (Lipinski definition) is 2. The van der Waals surface area contributed by atoms with Gasteiger partial charge in [-0.1, -0.05) is 43.6 Å².